The second-order valence-corrected chi connectivity index (χ2v) is 8.06. The number of hydrogen-bond acceptors (Lipinski definition) is 6. The SMILES string of the molecule is CCC(c1nc2occ(Cl)c2c(=O)n1Cc1ccccc1)N(CCN)Cc1ccncc1. The van der Waals surface area contributed by atoms with Gasteiger partial charge >= 0.3 is 0 Å². The highest BCUT2D eigenvalue weighted by molar-refractivity contribution is 6.35. The van der Waals surface area contributed by atoms with Crippen LogP contribution in [0.5, 0.6) is 0 Å². The standard InChI is InChI=1S/C24H26ClN5O2/c1-2-20(29(13-10-26)14-18-8-11-27-12-9-18)22-28-23-21(19(25)16-32-23)24(31)30(22)15-17-6-4-3-5-7-17/h3-9,11-12,16,20H,2,10,13-15,26H2,1H3. The molecule has 0 aliphatic carbocycles. The van der Waals surface area contributed by atoms with Crippen molar-refractivity contribution < 1.29 is 4.42 Å². The van der Waals surface area contributed by atoms with Crippen LogP contribution in [0.25, 0.3) is 11.1 Å². The molecule has 0 saturated heterocycles. The molecular weight excluding hydrogens is 426 g/mol. The van der Waals surface area contributed by atoms with Gasteiger partial charge in [0.05, 0.1) is 17.6 Å². The quantitative estimate of drug-likeness (QED) is 0.413. The zero-order chi connectivity index (χ0) is 22.5. The van der Waals surface area contributed by atoms with E-state index in [9.17, 15) is 4.79 Å². The van der Waals surface area contributed by atoms with E-state index in [0.29, 0.717) is 37.4 Å². The molecule has 1 atom stereocenters. The highest BCUT2D eigenvalue weighted by Gasteiger charge is 2.26. The predicted octanol–water partition coefficient (Wildman–Crippen LogP) is 4.00. The molecule has 1 unspecified atom stereocenters. The van der Waals surface area contributed by atoms with Crippen LogP contribution in [0, 0.1) is 0 Å². The number of furan rings is 1. The number of aromatic nitrogens is 3. The minimum Gasteiger partial charge on any atom is -0.444 e. The van der Waals surface area contributed by atoms with Gasteiger partial charge in [-0.15, -0.1) is 0 Å². The Kier molecular flexibility index (Phi) is 6.99. The first-order valence-electron chi connectivity index (χ1n) is 10.7. The summed E-state index contributed by atoms with van der Waals surface area (Å²) in [4.78, 5) is 24.7. The van der Waals surface area contributed by atoms with Crippen LogP contribution in [0.1, 0.15) is 36.3 Å². The molecule has 3 aromatic heterocycles. The van der Waals surface area contributed by atoms with Gasteiger partial charge in [-0.25, -0.2) is 0 Å². The lowest BCUT2D eigenvalue weighted by Gasteiger charge is -2.31. The summed E-state index contributed by atoms with van der Waals surface area (Å²) in [6.45, 7) is 4.27. The van der Waals surface area contributed by atoms with E-state index < -0.39 is 0 Å². The summed E-state index contributed by atoms with van der Waals surface area (Å²) < 4.78 is 7.23. The Morgan fingerprint density at radius 2 is 1.91 bits per heavy atom. The largest absolute Gasteiger partial charge is 0.444 e. The number of nitrogens with zero attached hydrogens (tertiary/aromatic N) is 4. The maximum Gasteiger partial charge on any atom is 0.266 e. The minimum absolute atomic E-state index is 0.142. The number of fused-ring (bicyclic) bond motifs is 1. The number of pyridine rings is 1. The third kappa shape index (κ3) is 4.60. The van der Waals surface area contributed by atoms with Gasteiger partial charge in [0.2, 0.25) is 5.71 Å². The fourth-order valence-electron chi connectivity index (χ4n) is 4.02. The maximum absolute atomic E-state index is 13.5. The van der Waals surface area contributed by atoms with Crippen molar-refractivity contribution in [2.75, 3.05) is 13.1 Å². The molecule has 1 aromatic carbocycles. The molecule has 166 valence electrons. The zero-order valence-electron chi connectivity index (χ0n) is 17.9. The van der Waals surface area contributed by atoms with Crippen molar-refractivity contribution in [3.63, 3.8) is 0 Å². The number of hydrogen-bond donors (Lipinski definition) is 1. The van der Waals surface area contributed by atoms with E-state index >= 15 is 0 Å². The van der Waals surface area contributed by atoms with Crippen molar-refractivity contribution in [3.05, 3.63) is 93.4 Å². The Morgan fingerprint density at radius 1 is 1.16 bits per heavy atom. The Bertz CT molecular complexity index is 1220. The smallest absolute Gasteiger partial charge is 0.266 e. The van der Waals surface area contributed by atoms with Crippen molar-refractivity contribution in [3.8, 4) is 0 Å². The maximum atomic E-state index is 13.5. The topological polar surface area (TPSA) is 90.2 Å². The molecule has 0 aliphatic heterocycles. The van der Waals surface area contributed by atoms with E-state index in [4.69, 9.17) is 26.7 Å². The van der Waals surface area contributed by atoms with E-state index in [1.54, 1.807) is 17.0 Å². The van der Waals surface area contributed by atoms with E-state index in [1.807, 2.05) is 42.5 Å². The monoisotopic (exact) mass is 451 g/mol. The van der Waals surface area contributed by atoms with Gasteiger partial charge in [-0.2, -0.15) is 4.98 Å². The summed E-state index contributed by atoms with van der Waals surface area (Å²) >= 11 is 6.26. The molecule has 4 rings (SSSR count). The fraction of sp³-hybridized carbons (Fsp3) is 0.292. The lowest BCUT2D eigenvalue weighted by atomic mass is 10.1. The van der Waals surface area contributed by atoms with E-state index in [0.717, 1.165) is 17.5 Å². The highest BCUT2D eigenvalue weighted by atomic mass is 35.5. The van der Waals surface area contributed by atoms with Crippen molar-refractivity contribution in [1.82, 2.24) is 19.4 Å². The first kappa shape index (κ1) is 22.2. The van der Waals surface area contributed by atoms with Gasteiger partial charge in [-0.05, 0) is 29.7 Å². The van der Waals surface area contributed by atoms with Crippen LogP contribution >= 0.6 is 11.6 Å². The van der Waals surface area contributed by atoms with Crippen molar-refractivity contribution >= 4 is 22.7 Å². The number of nitrogens with two attached hydrogens (primary N) is 1. The van der Waals surface area contributed by atoms with Crippen LogP contribution in [0.4, 0.5) is 0 Å². The van der Waals surface area contributed by atoms with Gasteiger partial charge in [-0.1, -0.05) is 48.9 Å². The first-order valence-corrected chi connectivity index (χ1v) is 11.0. The van der Waals surface area contributed by atoms with Crippen LogP contribution in [-0.4, -0.2) is 32.5 Å². The summed E-state index contributed by atoms with van der Waals surface area (Å²) in [5.41, 5.74) is 8.14. The average Bonchev–Trinajstić information content (AvgIpc) is 3.19. The van der Waals surface area contributed by atoms with Crippen LogP contribution in [0.15, 0.2) is 70.3 Å². The molecule has 0 saturated carbocycles. The average molecular weight is 452 g/mol. The molecule has 0 spiro atoms. The predicted molar refractivity (Wildman–Crippen MR) is 126 cm³/mol. The zero-order valence-corrected chi connectivity index (χ0v) is 18.7. The summed E-state index contributed by atoms with van der Waals surface area (Å²) in [5.74, 6) is 0.641. The molecule has 3 heterocycles. The third-order valence-corrected chi connectivity index (χ3v) is 5.82. The molecule has 32 heavy (non-hydrogen) atoms. The van der Waals surface area contributed by atoms with Crippen molar-refractivity contribution in [1.29, 1.82) is 0 Å². The number of rotatable bonds is 9. The van der Waals surface area contributed by atoms with Crippen LogP contribution in [-0.2, 0) is 13.1 Å². The van der Waals surface area contributed by atoms with E-state index in [2.05, 4.69) is 16.8 Å². The Morgan fingerprint density at radius 3 is 2.59 bits per heavy atom. The lowest BCUT2D eigenvalue weighted by Crippen LogP contribution is -2.37. The highest BCUT2D eigenvalue weighted by Crippen LogP contribution is 2.28. The molecule has 0 fully saturated rings. The molecule has 0 radical (unpaired) electrons. The van der Waals surface area contributed by atoms with Gasteiger partial charge in [0, 0.05) is 32.0 Å². The normalized spacial score (nSPS) is 12.5. The van der Waals surface area contributed by atoms with Gasteiger partial charge in [0.25, 0.3) is 5.56 Å². The molecule has 8 heteroatoms. The summed E-state index contributed by atoms with van der Waals surface area (Å²) in [7, 11) is 0. The van der Waals surface area contributed by atoms with Gasteiger partial charge < -0.3 is 10.2 Å². The summed E-state index contributed by atoms with van der Waals surface area (Å²) in [6, 6.07) is 13.7. The number of benzene rings is 1. The van der Waals surface area contributed by atoms with E-state index in [1.165, 1.54) is 6.26 Å². The van der Waals surface area contributed by atoms with E-state index in [-0.39, 0.29) is 22.3 Å². The third-order valence-electron chi connectivity index (χ3n) is 5.54. The lowest BCUT2D eigenvalue weighted by molar-refractivity contribution is 0.176. The van der Waals surface area contributed by atoms with Gasteiger partial charge in [0.15, 0.2) is 0 Å². The van der Waals surface area contributed by atoms with Crippen molar-refractivity contribution in [2.24, 2.45) is 5.73 Å². The molecule has 2 N–H and O–H groups in total. The van der Waals surface area contributed by atoms with Crippen LogP contribution < -0.4 is 11.3 Å². The van der Waals surface area contributed by atoms with Gasteiger partial charge in [-0.3, -0.25) is 19.2 Å². The molecule has 7 nitrogen and oxygen atoms in total. The first-order chi connectivity index (χ1) is 15.6. The second-order valence-electron chi connectivity index (χ2n) is 7.65. The minimum atomic E-state index is -0.206. The summed E-state index contributed by atoms with van der Waals surface area (Å²) in [6.07, 6.45) is 5.66. The number of halogens is 1. The Balaban J connectivity index is 1.83. The molecule has 0 aliphatic rings. The fourth-order valence-corrected chi connectivity index (χ4v) is 4.22. The Labute approximate surface area is 191 Å². The second kappa shape index (κ2) is 10.1. The molecule has 0 bridgehead atoms. The Hall–Kier alpha value is -3.00. The van der Waals surface area contributed by atoms with Gasteiger partial charge in [0.1, 0.15) is 17.5 Å². The molecule has 4 aromatic rings. The van der Waals surface area contributed by atoms with Crippen LogP contribution in [0.2, 0.25) is 5.02 Å². The molecule has 0 amide bonds. The van der Waals surface area contributed by atoms with Crippen LogP contribution in [0.3, 0.4) is 0 Å². The molecular formula is C24H26ClN5O2. The summed E-state index contributed by atoms with van der Waals surface area (Å²) in [5, 5.41) is 0.579. The van der Waals surface area contributed by atoms with Crippen molar-refractivity contribution in [2.45, 2.75) is 32.5 Å².